The molecule has 0 aliphatic rings. The van der Waals surface area contributed by atoms with Gasteiger partial charge in [-0.2, -0.15) is 18.4 Å². The molecule has 0 spiro atoms. The Balaban J connectivity index is 1.93. The molecule has 7 heteroatoms. The van der Waals surface area contributed by atoms with Crippen LogP contribution in [0.3, 0.4) is 0 Å². The maximum atomic E-state index is 13.5. The van der Waals surface area contributed by atoms with Gasteiger partial charge in [0.15, 0.2) is 5.69 Å². The number of rotatable bonds is 6. The van der Waals surface area contributed by atoms with Gasteiger partial charge in [-0.1, -0.05) is 24.3 Å². The summed E-state index contributed by atoms with van der Waals surface area (Å²) in [5.41, 5.74) is 3.34. The van der Waals surface area contributed by atoms with E-state index in [1.54, 1.807) is 17.8 Å². The van der Waals surface area contributed by atoms with Crippen LogP contribution in [0.15, 0.2) is 42.5 Å². The summed E-state index contributed by atoms with van der Waals surface area (Å²) in [6, 6.07) is 14.0. The molecule has 4 nitrogen and oxygen atoms in total. The summed E-state index contributed by atoms with van der Waals surface area (Å²) in [6.45, 7) is 0.777. The molecular formula is C22H23F3N4. The van der Waals surface area contributed by atoms with Crippen LogP contribution in [0.1, 0.15) is 27.9 Å². The molecule has 0 unspecified atom stereocenters. The van der Waals surface area contributed by atoms with E-state index in [0.717, 1.165) is 18.2 Å². The van der Waals surface area contributed by atoms with E-state index in [1.807, 2.05) is 44.4 Å². The highest BCUT2D eigenvalue weighted by molar-refractivity contribution is 5.68. The maximum Gasteiger partial charge on any atom is 0.416 e. The van der Waals surface area contributed by atoms with Crippen LogP contribution in [-0.2, 0) is 32.6 Å². The second kappa shape index (κ2) is 8.18. The van der Waals surface area contributed by atoms with Crippen LogP contribution in [-0.4, -0.2) is 28.8 Å². The van der Waals surface area contributed by atoms with Gasteiger partial charge in [0, 0.05) is 19.2 Å². The minimum atomic E-state index is -4.45. The van der Waals surface area contributed by atoms with Gasteiger partial charge >= 0.3 is 6.18 Å². The summed E-state index contributed by atoms with van der Waals surface area (Å²) >= 11 is 0. The van der Waals surface area contributed by atoms with Crippen LogP contribution in [0.2, 0.25) is 0 Å². The van der Waals surface area contributed by atoms with Crippen LogP contribution in [0.25, 0.3) is 11.3 Å². The van der Waals surface area contributed by atoms with Gasteiger partial charge in [-0.3, -0.25) is 9.78 Å². The molecule has 0 saturated carbocycles. The quantitative estimate of drug-likeness (QED) is 0.649. The minimum Gasteiger partial charge on any atom is -0.305 e. The molecule has 0 aliphatic carbocycles. The Labute approximate surface area is 168 Å². The number of aromatic amines is 1. The van der Waals surface area contributed by atoms with E-state index in [4.69, 9.17) is 5.26 Å². The molecule has 152 valence electrons. The molecule has 29 heavy (non-hydrogen) atoms. The van der Waals surface area contributed by atoms with Crippen molar-refractivity contribution in [2.24, 2.45) is 7.05 Å². The van der Waals surface area contributed by atoms with E-state index in [9.17, 15) is 13.2 Å². The number of aromatic nitrogens is 2. The van der Waals surface area contributed by atoms with E-state index in [-0.39, 0.29) is 5.69 Å². The van der Waals surface area contributed by atoms with Gasteiger partial charge in [0.2, 0.25) is 0 Å². The molecule has 0 fully saturated rings. The first-order valence-electron chi connectivity index (χ1n) is 9.27. The van der Waals surface area contributed by atoms with Crippen LogP contribution in [0.4, 0.5) is 13.2 Å². The number of hydrogen-bond acceptors (Lipinski definition) is 2. The van der Waals surface area contributed by atoms with Crippen molar-refractivity contribution in [1.29, 1.82) is 5.26 Å². The SMILES string of the molecule is CN(C)Cc1ccccc1CCc1cc(-c2c(C#N)[nH]n2C)cc(C(F)(F)F)c1. The summed E-state index contributed by atoms with van der Waals surface area (Å²) in [5.74, 6) is 0. The topological polar surface area (TPSA) is 47.8 Å². The summed E-state index contributed by atoms with van der Waals surface area (Å²) in [6.07, 6.45) is -3.33. The average molecular weight is 400 g/mol. The summed E-state index contributed by atoms with van der Waals surface area (Å²) in [4.78, 5) is 2.07. The van der Waals surface area contributed by atoms with Gasteiger partial charge in [-0.15, -0.1) is 0 Å². The van der Waals surface area contributed by atoms with Gasteiger partial charge in [0.25, 0.3) is 0 Å². The van der Waals surface area contributed by atoms with E-state index >= 15 is 0 Å². The van der Waals surface area contributed by atoms with Crippen molar-refractivity contribution in [3.05, 3.63) is 70.4 Å². The Hall–Kier alpha value is -2.98. The zero-order valence-corrected chi connectivity index (χ0v) is 16.6. The fourth-order valence-electron chi connectivity index (χ4n) is 3.52. The minimum absolute atomic E-state index is 0.272. The lowest BCUT2D eigenvalue weighted by molar-refractivity contribution is -0.137. The van der Waals surface area contributed by atoms with Crippen molar-refractivity contribution in [2.75, 3.05) is 14.1 Å². The predicted molar refractivity (Wildman–Crippen MR) is 106 cm³/mol. The lowest BCUT2D eigenvalue weighted by Crippen LogP contribution is -2.14. The zero-order valence-electron chi connectivity index (χ0n) is 16.6. The number of hydrogen-bond donors (Lipinski definition) is 1. The summed E-state index contributed by atoms with van der Waals surface area (Å²) < 4.78 is 42.0. The number of alkyl halides is 3. The Morgan fingerprint density at radius 1 is 1.07 bits per heavy atom. The second-order valence-corrected chi connectivity index (χ2v) is 7.43. The predicted octanol–water partition coefficient (Wildman–Crippen LogP) is 4.76. The van der Waals surface area contributed by atoms with Crippen LogP contribution in [0, 0.1) is 11.3 Å². The normalized spacial score (nSPS) is 11.8. The molecule has 0 radical (unpaired) electrons. The molecular weight excluding hydrogens is 377 g/mol. The highest BCUT2D eigenvalue weighted by Gasteiger charge is 2.32. The van der Waals surface area contributed by atoms with Crippen LogP contribution in [0.5, 0.6) is 0 Å². The van der Waals surface area contributed by atoms with Gasteiger partial charge in [-0.25, -0.2) is 0 Å². The van der Waals surface area contributed by atoms with E-state index in [2.05, 4.69) is 10.00 Å². The van der Waals surface area contributed by atoms with Gasteiger partial charge in [0.05, 0.1) is 11.3 Å². The lowest BCUT2D eigenvalue weighted by atomic mass is 9.95. The first-order chi connectivity index (χ1) is 13.7. The molecule has 0 atom stereocenters. The van der Waals surface area contributed by atoms with Crippen molar-refractivity contribution in [2.45, 2.75) is 25.6 Å². The summed E-state index contributed by atoms with van der Waals surface area (Å²) in [7, 11) is 5.65. The van der Waals surface area contributed by atoms with E-state index < -0.39 is 11.7 Å². The first-order valence-corrected chi connectivity index (χ1v) is 9.27. The molecule has 0 aliphatic heterocycles. The lowest BCUT2D eigenvalue weighted by Gasteiger charge is -2.19. The van der Waals surface area contributed by atoms with Crippen molar-refractivity contribution in [1.82, 2.24) is 14.7 Å². The number of halogens is 3. The summed E-state index contributed by atoms with van der Waals surface area (Å²) in [5, 5.41) is 11.9. The first kappa shape index (κ1) is 20.7. The zero-order chi connectivity index (χ0) is 21.2. The maximum absolute atomic E-state index is 13.5. The van der Waals surface area contributed by atoms with Crippen molar-refractivity contribution in [3.8, 4) is 17.3 Å². The van der Waals surface area contributed by atoms with Crippen molar-refractivity contribution in [3.63, 3.8) is 0 Å². The number of nitrogens with zero attached hydrogens (tertiary/aromatic N) is 3. The van der Waals surface area contributed by atoms with Gasteiger partial charge in [-0.05, 0) is 61.8 Å². The third kappa shape index (κ3) is 4.72. The van der Waals surface area contributed by atoms with Crippen molar-refractivity contribution >= 4 is 0 Å². The van der Waals surface area contributed by atoms with Crippen molar-refractivity contribution < 1.29 is 13.2 Å². The highest BCUT2D eigenvalue weighted by atomic mass is 19.4. The number of nitriles is 1. The Morgan fingerprint density at radius 3 is 2.34 bits per heavy atom. The molecule has 0 bridgehead atoms. The van der Waals surface area contributed by atoms with E-state index in [1.165, 1.54) is 11.6 Å². The van der Waals surface area contributed by atoms with Crippen LogP contribution >= 0.6 is 0 Å². The Morgan fingerprint density at radius 2 is 1.76 bits per heavy atom. The molecule has 0 amide bonds. The van der Waals surface area contributed by atoms with Gasteiger partial charge in [0.1, 0.15) is 6.07 Å². The molecule has 2 aromatic carbocycles. The van der Waals surface area contributed by atoms with Crippen LogP contribution < -0.4 is 0 Å². The molecule has 3 rings (SSSR count). The standard InChI is InChI=1S/C22H23F3N4/c1-28(2)14-17-7-5-4-6-16(17)9-8-15-10-18(12-19(11-15)22(23,24)25)21-20(13-26)27-29(21)3/h4-7,10-12,27H,8-9,14H2,1-3H3. The number of nitrogens with one attached hydrogen (secondary N) is 1. The second-order valence-electron chi connectivity index (χ2n) is 7.43. The van der Waals surface area contributed by atoms with Gasteiger partial charge < -0.3 is 4.90 Å². The molecule has 1 heterocycles. The highest BCUT2D eigenvalue weighted by Crippen LogP contribution is 2.35. The smallest absolute Gasteiger partial charge is 0.305 e. The number of aryl methyl sites for hydroxylation is 3. The number of H-pyrrole nitrogens is 1. The molecule has 1 aromatic heterocycles. The Bertz CT molecular complexity index is 1040. The van der Waals surface area contributed by atoms with E-state index in [0.29, 0.717) is 29.7 Å². The molecule has 3 aromatic rings. The largest absolute Gasteiger partial charge is 0.416 e. The third-order valence-electron chi connectivity index (χ3n) is 4.85. The fourth-order valence-corrected chi connectivity index (χ4v) is 3.52. The number of benzene rings is 2. The molecule has 1 N–H and O–H groups in total. The average Bonchev–Trinajstić information content (AvgIpc) is 2.64. The monoisotopic (exact) mass is 400 g/mol. The molecule has 0 saturated heterocycles. The Kier molecular flexibility index (Phi) is 5.85. The fraction of sp³-hybridized carbons (Fsp3) is 0.318. The third-order valence-corrected chi connectivity index (χ3v) is 4.85.